The first-order valence-corrected chi connectivity index (χ1v) is 10.2. The van der Waals surface area contributed by atoms with Gasteiger partial charge < -0.3 is 15.5 Å². The Morgan fingerprint density at radius 1 is 0.758 bits per heavy atom. The van der Waals surface area contributed by atoms with Gasteiger partial charge in [0.15, 0.2) is 0 Å². The van der Waals surface area contributed by atoms with Gasteiger partial charge in [0.1, 0.15) is 0 Å². The molecule has 3 aromatic rings. The zero-order chi connectivity index (χ0) is 23.5. The first kappa shape index (κ1) is 23.2. The second-order valence-corrected chi connectivity index (χ2v) is 7.09. The smallest absolute Gasteiger partial charge is 0.267 e. The first-order valence-electron chi connectivity index (χ1n) is 10.2. The van der Waals surface area contributed by atoms with E-state index >= 15 is 0 Å². The number of amides is 3. The third-order valence-corrected chi connectivity index (χ3v) is 4.56. The summed E-state index contributed by atoms with van der Waals surface area (Å²) in [7, 11) is 0. The van der Waals surface area contributed by atoms with Gasteiger partial charge >= 0.3 is 0 Å². The maximum atomic E-state index is 12.7. The van der Waals surface area contributed by atoms with Gasteiger partial charge in [-0.1, -0.05) is 48.5 Å². The molecule has 0 aliphatic rings. The predicted octanol–water partition coefficient (Wildman–Crippen LogP) is 3.29. The number of rotatable bonds is 9. The molecule has 0 bridgehead atoms. The molecule has 8 nitrogen and oxygen atoms in total. The number of hydrogen-bond acceptors (Lipinski definition) is 5. The molecule has 0 aromatic heterocycles. The number of hydrogen-bond donors (Lipinski definition) is 4. The molecule has 0 saturated heterocycles. The van der Waals surface area contributed by atoms with Gasteiger partial charge in [-0.25, -0.2) is 5.48 Å². The van der Waals surface area contributed by atoms with E-state index in [4.69, 9.17) is 5.21 Å². The van der Waals surface area contributed by atoms with Crippen LogP contribution in [0, 0.1) is 0 Å². The Morgan fingerprint density at radius 2 is 1.30 bits per heavy atom. The summed E-state index contributed by atoms with van der Waals surface area (Å²) < 4.78 is 0. The van der Waals surface area contributed by atoms with Crippen LogP contribution in [0.4, 0.5) is 17.1 Å². The molecule has 168 valence electrons. The molecule has 8 heteroatoms. The topological polar surface area (TPSA) is 111 Å². The minimum Gasteiger partial charge on any atom is -0.353 e. The van der Waals surface area contributed by atoms with Crippen LogP contribution in [0.15, 0.2) is 91.0 Å². The second-order valence-electron chi connectivity index (χ2n) is 7.09. The summed E-state index contributed by atoms with van der Waals surface area (Å²) in [5.41, 5.74) is 4.12. The van der Waals surface area contributed by atoms with Crippen molar-refractivity contribution in [3.63, 3.8) is 0 Å². The Labute approximate surface area is 191 Å². The monoisotopic (exact) mass is 444 g/mol. The van der Waals surface area contributed by atoms with Crippen molar-refractivity contribution in [2.24, 2.45) is 0 Å². The molecule has 0 atom stereocenters. The Hall–Kier alpha value is -4.43. The van der Waals surface area contributed by atoms with E-state index in [-0.39, 0.29) is 24.9 Å². The maximum absolute atomic E-state index is 12.7. The van der Waals surface area contributed by atoms with Crippen LogP contribution in [0.1, 0.15) is 5.56 Å². The fourth-order valence-corrected chi connectivity index (χ4v) is 3.06. The van der Waals surface area contributed by atoms with Gasteiger partial charge in [-0.3, -0.25) is 19.6 Å². The summed E-state index contributed by atoms with van der Waals surface area (Å²) in [6, 6.07) is 25.1. The number of anilines is 3. The first-order chi connectivity index (χ1) is 16.0. The molecular weight excluding hydrogens is 420 g/mol. The molecular formula is C25H24N4O4. The summed E-state index contributed by atoms with van der Waals surface area (Å²) in [6.07, 6.45) is 2.69. The number of nitrogens with one attached hydrogen (secondary N) is 3. The number of para-hydroxylation sites is 2. The molecule has 3 amide bonds. The fourth-order valence-electron chi connectivity index (χ4n) is 3.06. The van der Waals surface area contributed by atoms with Gasteiger partial charge in [-0.15, -0.1) is 0 Å². The highest BCUT2D eigenvalue weighted by atomic mass is 16.5. The molecule has 3 rings (SSSR count). The van der Waals surface area contributed by atoms with Gasteiger partial charge in [-0.2, -0.15) is 0 Å². The normalized spacial score (nSPS) is 10.5. The van der Waals surface area contributed by atoms with E-state index in [1.165, 1.54) is 17.6 Å². The third kappa shape index (κ3) is 7.64. The number of carbonyl (C=O) groups excluding carboxylic acids is 3. The summed E-state index contributed by atoms with van der Waals surface area (Å²) >= 11 is 0. The van der Waals surface area contributed by atoms with Gasteiger partial charge in [0.25, 0.3) is 5.91 Å². The van der Waals surface area contributed by atoms with E-state index in [1.54, 1.807) is 53.4 Å². The van der Waals surface area contributed by atoms with Crippen molar-refractivity contribution in [1.29, 1.82) is 0 Å². The average molecular weight is 444 g/mol. The third-order valence-electron chi connectivity index (χ3n) is 4.56. The Kier molecular flexibility index (Phi) is 8.33. The molecule has 0 fully saturated rings. The van der Waals surface area contributed by atoms with Crippen molar-refractivity contribution in [3.05, 3.63) is 96.6 Å². The zero-order valence-electron chi connectivity index (χ0n) is 17.8. The van der Waals surface area contributed by atoms with E-state index in [2.05, 4.69) is 10.6 Å². The quantitative estimate of drug-likeness (QED) is 0.230. The maximum Gasteiger partial charge on any atom is 0.267 e. The lowest BCUT2D eigenvalue weighted by atomic mass is 10.1. The van der Waals surface area contributed by atoms with E-state index in [0.717, 1.165) is 0 Å². The van der Waals surface area contributed by atoms with Gasteiger partial charge in [0.2, 0.25) is 11.8 Å². The van der Waals surface area contributed by atoms with E-state index in [9.17, 15) is 14.4 Å². The van der Waals surface area contributed by atoms with E-state index in [1.807, 2.05) is 36.4 Å². The van der Waals surface area contributed by atoms with Crippen LogP contribution in [0.25, 0.3) is 6.08 Å². The number of hydroxylamine groups is 1. The molecule has 0 saturated carbocycles. The van der Waals surface area contributed by atoms with Gasteiger partial charge in [0.05, 0.1) is 13.1 Å². The van der Waals surface area contributed by atoms with E-state index < -0.39 is 5.91 Å². The van der Waals surface area contributed by atoms with Crippen LogP contribution in [0.2, 0.25) is 0 Å². The Morgan fingerprint density at radius 3 is 1.82 bits per heavy atom. The molecule has 0 heterocycles. The SMILES string of the molecule is O=C(C=Cc1cccc(N(CC(=O)Nc2ccccc2)CC(=O)Nc2ccccc2)c1)NO. The van der Waals surface area contributed by atoms with Crippen molar-refractivity contribution >= 4 is 40.9 Å². The van der Waals surface area contributed by atoms with Gasteiger partial charge in [-0.05, 0) is 48.0 Å². The minimum atomic E-state index is -0.665. The van der Waals surface area contributed by atoms with Crippen LogP contribution in [0.3, 0.4) is 0 Å². The lowest BCUT2D eigenvalue weighted by Crippen LogP contribution is -2.39. The molecule has 0 spiro atoms. The second kappa shape index (κ2) is 11.8. The molecule has 0 aliphatic carbocycles. The summed E-state index contributed by atoms with van der Waals surface area (Å²) in [4.78, 5) is 38.3. The van der Waals surface area contributed by atoms with Crippen molar-refractivity contribution in [2.45, 2.75) is 0 Å². The van der Waals surface area contributed by atoms with Crippen LogP contribution in [-0.2, 0) is 14.4 Å². The number of benzene rings is 3. The highest BCUT2D eigenvalue weighted by molar-refractivity contribution is 5.98. The number of carbonyl (C=O) groups is 3. The Bertz CT molecular complexity index is 1060. The molecule has 4 N–H and O–H groups in total. The van der Waals surface area contributed by atoms with Crippen LogP contribution in [-0.4, -0.2) is 36.0 Å². The van der Waals surface area contributed by atoms with Crippen molar-refractivity contribution < 1.29 is 19.6 Å². The predicted molar refractivity (Wildman–Crippen MR) is 128 cm³/mol. The molecule has 3 aromatic carbocycles. The summed E-state index contributed by atoms with van der Waals surface area (Å²) in [5.74, 6) is -1.23. The van der Waals surface area contributed by atoms with E-state index in [0.29, 0.717) is 22.6 Å². The average Bonchev–Trinajstić information content (AvgIpc) is 2.83. The standard InChI is InChI=1S/C25H24N4O4/c30-23(28-33)15-14-19-8-7-13-22(16-19)29(17-24(31)26-20-9-3-1-4-10-20)18-25(32)27-21-11-5-2-6-12-21/h1-16,33H,17-18H2,(H,26,31)(H,27,32)(H,28,30). The van der Waals surface area contributed by atoms with Gasteiger partial charge in [0, 0.05) is 23.1 Å². The van der Waals surface area contributed by atoms with Crippen molar-refractivity contribution in [2.75, 3.05) is 28.6 Å². The zero-order valence-corrected chi connectivity index (χ0v) is 17.8. The van der Waals surface area contributed by atoms with Crippen LogP contribution in [0.5, 0.6) is 0 Å². The summed E-state index contributed by atoms with van der Waals surface area (Å²) in [5, 5.41) is 14.3. The lowest BCUT2D eigenvalue weighted by molar-refractivity contribution is -0.124. The molecule has 0 aliphatic heterocycles. The van der Waals surface area contributed by atoms with Crippen LogP contribution >= 0.6 is 0 Å². The largest absolute Gasteiger partial charge is 0.353 e. The van der Waals surface area contributed by atoms with Crippen molar-refractivity contribution in [3.8, 4) is 0 Å². The number of nitrogens with zero attached hydrogens (tertiary/aromatic N) is 1. The highest BCUT2D eigenvalue weighted by Crippen LogP contribution is 2.18. The molecule has 0 radical (unpaired) electrons. The highest BCUT2D eigenvalue weighted by Gasteiger charge is 2.16. The summed E-state index contributed by atoms with van der Waals surface area (Å²) in [6.45, 7) is -0.136. The molecule has 33 heavy (non-hydrogen) atoms. The van der Waals surface area contributed by atoms with Crippen LogP contribution < -0.4 is 21.0 Å². The fraction of sp³-hybridized carbons (Fsp3) is 0.0800. The molecule has 0 unspecified atom stereocenters. The van der Waals surface area contributed by atoms with Crippen molar-refractivity contribution in [1.82, 2.24) is 5.48 Å². The Balaban J connectivity index is 1.78. The minimum absolute atomic E-state index is 0.0681. The lowest BCUT2D eigenvalue weighted by Gasteiger charge is -2.24.